The third-order valence-electron chi connectivity index (χ3n) is 3.03. The zero-order valence-electron chi connectivity index (χ0n) is 11.2. The number of piperazine rings is 1. The Morgan fingerprint density at radius 2 is 2.11 bits per heavy atom. The number of aromatic nitrogens is 2. The Kier molecular flexibility index (Phi) is 4.33. The standard InChI is InChI=1S/C13H19N5O/c1-3-4-14-13-15-11(2)9-12(16-13)18-7-5-17(10-19)6-8-18/h3,9-10H,1,4-8H2,2H3,(H,14,15,16). The van der Waals surface area contributed by atoms with E-state index in [0.717, 1.165) is 44.1 Å². The maximum atomic E-state index is 10.7. The Bertz CT molecular complexity index is 454. The van der Waals surface area contributed by atoms with Crippen molar-refractivity contribution >= 4 is 18.2 Å². The summed E-state index contributed by atoms with van der Waals surface area (Å²) in [5, 5.41) is 3.10. The highest BCUT2D eigenvalue weighted by atomic mass is 16.1. The number of anilines is 2. The molecule has 1 aromatic heterocycles. The molecule has 0 atom stereocenters. The van der Waals surface area contributed by atoms with Crippen molar-refractivity contribution in [3.8, 4) is 0 Å². The highest BCUT2D eigenvalue weighted by Crippen LogP contribution is 2.16. The topological polar surface area (TPSA) is 61.4 Å². The molecular formula is C13H19N5O. The molecule has 1 N–H and O–H groups in total. The molecule has 1 aliphatic rings. The first-order valence-electron chi connectivity index (χ1n) is 6.37. The zero-order chi connectivity index (χ0) is 13.7. The minimum Gasteiger partial charge on any atom is -0.353 e. The molecule has 6 nitrogen and oxygen atoms in total. The van der Waals surface area contributed by atoms with Gasteiger partial charge >= 0.3 is 0 Å². The van der Waals surface area contributed by atoms with Crippen LogP contribution in [0.3, 0.4) is 0 Å². The van der Waals surface area contributed by atoms with E-state index < -0.39 is 0 Å². The highest BCUT2D eigenvalue weighted by molar-refractivity contribution is 5.50. The van der Waals surface area contributed by atoms with E-state index in [2.05, 4.69) is 26.8 Å². The maximum absolute atomic E-state index is 10.7. The van der Waals surface area contributed by atoms with Crippen LogP contribution in [0.4, 0.5) is 11.8 Å². The van der Waals surface area contributed by atoms with Crippen molar-refractivity contribution < 1.29 is 4.79 Å². The Labute approximate surface area is 113 Å². The Balaban J connectivity index is 2.09. The van der Waals surface area contributed by atoms with Gasteiger partial charge in [0.15, 0.2) is 0 Å². The van der Waals surface area contributed by atoms with Gasteiger partial charge in [0.25, 0.3) is 0 Å². The summed E-state index contributed by atoms with van der Waals surface area (Å²) in [7, 11) is 0. The van der Waals surface area contributed by atoms with Crippen LogP contribution in [0.15, 0.2) is 18.7 Å². The van der Waals surface area contributed by atoms with Crippen molar-refractivity contribution in [1.82, 2.24) is 14.9 Å². The van der Waals surface area contributed by atoms with Gasteiger partial charge in [-0.25, -0.2) is 4.98 Å². The number of hydrogen-bond acceptors (Lipinski definition) is 5. The van der Waals surface area contributed by atoms with Crippen LogP contribution in [0.5, 0.6) is 0 Å². The smallest absolute Gasteiger partial charge is 0.225 e. The molecule has 1 saturated heterocycles. The second kappa shape index (κ2) is 6.17. The molecule has 2 heterocycles. The average Bonchev–Trinajstić information content (AvgIpc) is 2.44. The van der Waals surface area contributed by atoms with Gasteiger partial charge in [-0.1, -0.05) is 6.08 Å². The van der Waals surface area contributed by atoms with E-state index in [9.17, 15) is 4.79 Å². The van der Waals surface area contributed by atoms with E-state index in [0.29, 0.717) is 12.5 Å². The lowest BCUT2D eigenvalue weighted by Gasteiger charge is -2.33. The lowest BCUT2D eigenvalue weighted by molar-refractivity contribution is -0.118. The van der Waals surface area contributed by atoms with Crippen LogP contribution in [0, 0.1) is 6.92 Å². The van der Waals surface area contributed by atoms with Gasteiger partial charge in [0.1, 0.15) is 5.82 Å². The number of carbonyl (C=O) groups is 1. The number of carbonyl (C=O) groups excluding carboxylic acids is 1. The fraction of sp³-hybridized carbons (Fsp3) is 0.462. The molecule has 1 fully saturated rings. The lowest BCUT2D eigenvalue weighted by Crippen LogP contribution is -2.46. The zero-order valence-corrected chi connectivity index (χ0v) is 11.2. The molecular weight excluding hydrogens is 242 g/mol. The summed E-state index contributed by atoms with van der Waals surface area (Å²) in [4.78, 5) is 23.5. The molecule has 1 aliphatic heterocycles. The first kappa shape index (κ1) is 13.3. The van der Waals surface area contributed by atoms with Crippen molar-refractivity contribution in [1.29, 1.82) is 0 Å². The summed E-state index contributed by atoms with van der Waals surface area (Å²) in [5.74, 6) is 1.53. The molecule has 0 aromatic carbocycles. The Hall–Kier alpha value is -2.11. The molecule has 1 aromatic rings. The SMILES string of the molecule is C=CCNc1nc(C)cc(N2CCN(C=O)CC2)n1. The van der Waals surface area contributed by atoms with Gasteiger partial charge in [0.05, 0.1) is 0 Å². The van der Waals surface area contributed by atoms with Crippen molar-refractivity contribution in [3.63, 3.8) is 0 Å². The minimum absolute atomic E-state index is 0.618. The molecule has 0 aliphatic carbocycles. The summed E-state index contributed by atoms with van der Waals surface area (Å²) in [6.45, 7) is 9.33. The largest absolute Gasteiger partial charge is 0.353 e. The van der Waals surface area contributed by atoms with E-state index in [1.807, 2.05) is 13.0 Å². The number of rotatable bonds is 5. The first-order chi connectivity index (χ1) is 9.22. The van der Waals surface area contributed by atoms with Crippen LogP contribution in [-0.4, -0.2) is 54.0 Å². The van der Waals surface area contributed by atoms with Gasteiger partial charge in [0, 0.05) is 44.5 Å². The summed E-state index contributed by atoms with van der Waals surface area (Å²) in [6, 6.07) is 1.97. The minimum atomic E-state index is 0.618. The van der Waals surface area contributed by atoms with Crippen LogP contribution in [0.1, 0.15) is 5.69 Å². The highest BCUT2D eigenvalue weighted by Gasteiger charge is 2.17. The third-order valence-corrected chi connectivity index (χ3v) is 3.03. The fourth-order valence-electron chi connectivity index (χ4n) is 2.01. The summed E-state index contributed by atoms with van der Waals surface area (Å²) in [5.41, 5.74) is 0.925. The number of amides is 1. The molecule has 0 saturated carbocycles. The predicted molar refractivity (Wildman–Crippen MR) is 75.3 cm³/mol. The van der Waals surface area contributed by atoms with Gasteiger partial charge in [-0.15, -0.1) is 6.58 Å². The van der Waals surface area contributed by atoms with Gasteiger partial charge in [0.2, 0.25) is 12.4 Å². The second-order valence-electron chi connectivity index (χ2n) is 4.49. The number of hydrogen-bond donors (Lipinski definition) is 1. The Morgan fingerprint density at radius 3 is 2.74 bits per heavy atom. The number of nitrogens with one attached hydrogen (secondary N) is 1. The van der Waals surface area contributed by atoms with Crippen molar-refractivity contribution in [2.45, 2.75) is 6.92 Å². The van der Waals surface area contributed by atoms with Crippen LogP contribution in [0.25, 0.3) is 0 Å². The van der Waals surface area contributed by atoms with E-state index in [1.54, 1.807) is 11.0 Å². The molecule has 6 heteroatoms. The molecule has 0 radical (unpaired) electrons. The van der Waals surface area contributed by atoms with Crippen LogP contribution >= 0.6 is 0 Å². The summed E-state index contributed by atoms with van der Waals surface area (Å²) in [6.07, 6.45) is 2.67. The lowest BCUT2D eigenvalue weighted by atomic mass is 10.3. The molecule has 19 heavy (non-hydrogen) atoms. The fourth-order valence-corrected chi connectivity index (χ4v) is 2.01. The monoisotopic (exact) mass is 261 g/mol. The van der Waals surface area contributed by atoms with Crippen LogP contribution < -0.4 is 10.2 Å². The first-order valence-corrected chi connectivity index (χ1v) is 6.37. The molecule has 102 valence electrons. The van der Waals surface area contributed by atoms with Gasteiger partial charge in [-0.05, 0) is 6.92 Å². The molecule has 0 unspecified atom stereocenters. The van der Waals surface area contributed by atoms with Crippen molar-refractivity contribution in [2.24, 2.45) is 0 Å². The number of nitrogens with zero attached hydrogens (tertiary/aromatic N) is 4. The summed E-state index contributed by atoms with van der Waals surface area (Å²) < 4.78 is 0. The van der Waals surface area contributed by atoms with E-state index >= 15 is 0 Å². The molecule has 0 bridgehead atoms. The quantitative estimate of drug-likeness (QED) is 0.623. The molecule has 1 amide bonds. The molecule has 0 spiro atoms. The van der Waals surface area contributed by atoms with Crippen LogP contribution in [-0.2, 0) is 4.79 Å². The second-order valence-corrected chi connectivity index (χ2v) is 4.49. The normalized spacial score (nSPS) is 15.2. The van der Waals surface area contributed by atoms with E-state index in [4.69, 9.17) is 0 Å². The van der Waals surface area contributed by atoms with E-state index in [1.165, 1.54) is 0 Å². The predicted octanol–water partition coefficient (Wildman–Crippen LogP) is 0.661. The molecule has 2 rings (SSSR count). The van der Waals surface area contributed by atoms with E-state index in [-0.39, 0.29) is 0 Å². The van der Waals surface area contributed by atoms with Gasteiger partial charge in [-0.2, -0.15) is 4.98 Å². The summed E-state index contributed by atoms with van der Waals surface area (Å²) >= 11 is 0. The average molecular weight is 261 g/mol. The number of aryl methyl sites for hydroxylation is 1. The van der Waals surface area contributed by atoms with Gasteiger partial charge in [-0.3, -0.25) is 4.79 Å². The Morgan fingerprint density at radius 1 is 1.37 bits per heavy atom. The third kappa shape index (κ3) is 3.43. The van der Waals surface area contributed by atoms with Crippen molar-refractivity contribution in [3.05, 3.63) is 24.4 Å². The maximum Gasteiger partial charge on any atom is 0.225 e. The van der Waals surface area contributed by atoms with Crippen molar-refractivity contribution in [2.75, 3.05) is 42.9 Å². The van der Waals surface area contributed by atoms with Gasteiger partial charge < -0.3 is 15.1 Å². The van der Waals surface area contributed by atoms with Crippen LogP contribution in [0.2, 0.25) is 0 Å².